The molecule has 0 aliphatic heterocycles. The van der Waals surface area contributed by atoms with Crippen molar-refractivity contribution in [1.82, 2.24) is 0 Å². The highest BCUT2D eigenvalue weighted by atomic mass is 32.2. The molecule has 0 radical (unpaired) electrons. The van der Waals surface area contributed by atoms with Gasteiger partial charge in [-0.25, -0.2) is 0 Å². The number of hydrogen-bond acceptors (Lipinski definition) is 3. The van der Waals surface area contributed by atoms with Gasteiger partial charge >= 0.3 is 0 Å². The lowest BCUT2D eigenvalue weighted by Gasteiger charge is -2.12. The van der Waals surface area contributed by atoms with Crippen molar-refractivity contribution in [3.8, 4) is 5.75 Å². The van der Waals surface area contributed by atoms with E-state index in [4.69, 9.17) is 4.74 Å². The van der Waals surface area contributed by atoms with E-state index < -0.39 is 6.10 Å². The third-order valence-corrected chi connectivity index (χ3v) is 4.52. The van der Waals surface area contributed by atoms with Gasteiger partial charge in [-0.2, -0.15) is 0 Å². The molecule has 21 heavy (non-hydrogen) atoms. The zero-order valence-corrected chi connectivity index (χ0v) is 13.6. The second kappa shape index (κ2) is 7.53. The van der Waals surface area contributed by atoms with Gasteiger partial charge in [0.25, 0.3) is 0 Å². The summed E-state index contributed by atoms with van der Waals surface area (Å²) in [7, 11) is 1.64. The zero-order valence-electron chi connectivity index (χ0n) is 12.7. The minimum Gasteiger partial charge on any atom is -0.497 e. The molecule has 0 aliphatic carbocycles. The molecule has 0 heterocycles. The highest BCUT2D eigenvalue weighted by molar-refractivity contribution is 7.99. The first kappa shape index (κ1) is 15.9. The first-order valence-corrected chi connectivity index (χ1v) is 8.13. The van der Waals surface area contributed by atoms with Gasteiger partial charge in [-0.15, -0.1) is 11.8 Å². The molecule has 1 N–H and O–H groups in total. The maximum Gasteiger partial charge on any atom is 0.119 e. The van der Waals surface area contributed by atoms with Gasteiger partial charge in [-0.3, -0.25) is 0 Å². The smallest absolute Gasteiger partial charge is 0.119 e. The van der Waals surface area contributed by atoms with E-state index in [1.807, 2.05) is 24.3 Å². The molecule has 0 amide bonds. The largest absolute Gasteiger partial charge is 0.497 e. The number of benzene rings is 2. The van der Waals surface area contributed by atoms with Crippen LogP contribution >= 0.6 is 11.8 Å². The molecular weight excluding hydrogens is 280 g/mol. The average Bonchev–Trinajstić information content (AvgIpc) is 2.53. The van der Waals surface area contributed by atoms with E-state index in [0.717, 1.165) is 11.3 Å². The second-order valence-electron chi connectivity index (χ2n) is 5.33. The summed E-state index contributed by atoms with van der Waals surface area (Å²) < 4.78 is 5.19. The molecule has 3 heteroatoms. The molecule has 2 aromatic rings. The van der Waals surface area contributed by atoms with Gasteiger partial charge in [-0.05, 0) is 41.3 Å². The Labute approximate surface area is 131 Å². The van der Waals surface area contributed by atoms with Crippen molar-refractivity contribution in [2.45, 2.75) is 30.8 Å². The fraction of sp³-hybridized carbons (Fsp3) is 0.333. The van der Waals surface area contributed by atoms with Crippen molar-refractivity contribution in [2.75, 3.05) is 12.9 Å². The molecule has 0 aliphatic rings. The summed E-state index contributed by atoms with van der Waals surface area (Å²) in [6.45, 7) is 4.38. The van der Waals surface area contributed by atoms with Crippen LogP contribution in [-0.2, 0) is 0 Å². The first-order valence-electron chi connectivity index (χ1n) is 7.15. The van der Waals surface area contributed by atoms with Gasteiger partial charge in [-0.1, -0.05) is 38.1 Å². The number of thioether (sulfide) groups is 1. The summed E-state index contributed by atoms with van der Waals surface area (Å²) in [6.07, 6.45) is -0.491. The number of hydrogen-bond donors (Lipinski definition) is 1. The van der Waals surface area contributed by atoms with Gasteiger partial charge < -0.3 is 9.84 Å². The van der Waals surface area contributed by atoms with Crippen LogP contribution in [0.2, 0.25) is 0 Å². The summed E-state index contributed by atoms with van der Waals surface area (Å²) >= 11 is 1.67. The fourth-order valence-corrected chi connectivity index (χ4v) is 2.94. The molecule has 2 aromatic carbocycles. The van der Waals surface area contributed by atoms with Crippen molar-refractivity contribution in [3.05, 3.63) is 59.7 Å². The predicted molar refractivity (Wildman–Crippen MR) is 89.2 cm³/mol. The summed E-state index contributed by atoms with van der Waals surface area (Å²) in [5, 5.41) is 10.3. The molecule has 0 saturated carbocycles. The summed E-state index contributed by atoms with van der Waals surface area (Å²) in [6, 6.07) is 16.2. The van der Waals surface area contributed by atoms with Gasteiger partial charge in [0.15, 0.2) is 0 Å². The molecule has 2 rings (SSSR count). The molecule has 0 aromatic heterocycles. The van der Waals surface area contributed by atoms with Crippen LogP contribution in [0.4, 0.5) is 0 Å². The Morgan fingerprint density at radius 3 is 2.38 bits per heavy atom. The van der Waals surface area contributed by atoms with Crippen LogP contribution in [-0.4, -0.2) is 18.0 Å². The molecule has 2 nitrogen and oxygen atoms in total. The van der Waals surface area contributed by atoms with E-state index in [1.54, 1.807) is 18.9 Å². The molecule has 112 valence electrons. The minimum absolute atomic E-state index is 0.491. The Kier molecular flexibility index (Phi) is 5.71. The Bertz CT molecular complexity index is 564. The summed E-state index contributed by atoms with van der Waals surface area (Å²) in [5.74, 6) is 1.96. The SMILES string of the molecule is COc1cccc(C(O)CSc2ccc(C(C)C)cc2)c1. The van der Waals surface area contributed by atoms with Crippen LogP contribution in [0.25, 0.3) is 0 Å². The molecule has 1 unspecified atom stereocenters. The molecule has 0 spiro atoms. The van der Waals surface area contributed by atoms with E-state index in [2.05, 4.69) is 38.1 Å². The lowest BCUT2D eigenvalue weighted by Crippen LogP contribution is -2.00. The maximum absolute atomic E-state index is 10.3. The van der Waals surface area contributed by atoms with Crippen molar-refractivity contribution in [2.24, 2.45) is 0 Å². The highest BCUT2D eigenvalue weighted by Crippen LogP contribution is 2.27. The lowest BCUT2D eigenvalue weighted by molar-refractivity contribution is 0.203. The minimum atomic E-state index is -0.491. The fourth-order valence-electron chi connectivity index (χ4n) is 2.07. The van der Waals surface area contributed by atoms with E-state index >= 15 is 0 Å². The van der Waals surface area contributed by atoms with Gasteiger partial charge in [0.2, 0.25) is 0 Å². The molecule has 0 saturated heterocycles. The number of rotatable bonds is 6. The standard InChI is InChI=1S/C18H22O2S/c1-13(2)14-7-9-17(10-8-14)21-12-18(19)15-5-4-6-16(11-15)20-3/h4-11,13,18-19H,12H2,1-3H3. The van der Waals surface area contributed by atoms with Crippen LogP contribution in [0.15, 0.2) is 53.4 Å². The zero-order chi connectivity index (χ0) is 15.2. The second-order valence-corrected chi connectivity index (χ2v) is 6.42. The van der Waals surface area contributed by atoms with Gasteiger partial charge in [0.05, 0.1) is 13.2 Å². The number of methoxy groups -OCH3 is 1. The first-order chi connectivity index (χ1) is 10.1. The third-order valence-electron chi connectivity index (χ3n) is 3.43. The molecule has 0 fully saturated rings. The number of aliphatic hydroxyl groups excluding tert-OH is 1. The monoisotopic (exact) mass is 302 g/mol. The Hall–Kier alpha value is -1.45. The Balaban J connectivity index is 1.95. The van der Waals surface area contributed by atoms with E-state index in [-0.39, 0.29) is 0 Å². The summed E-state index contributed by atoms with van der Waals surface area (Å²) in [4.78, 5) is 1.18. The molecule has 0 bridgehead atoms. The van der Waals surface area contributed by atoms with Crippen LogP contribution in [0.1, 0.15) is 37.0 Å². The Morgan fingerprint density at radius 2 is 1.76 bits per heavy atom. The van der Waals surface area contributed by atoms with Crippen LogP contribution in [0.3, 0.4) is 0 Å². The van der Waals surface area contributed by atoms with E-state index in [9.17, 15) is 5.11 Å². The average molecular weight is 302 g/mol. The molecular formula is C18H22O2S. The predicted octanol–water partition coefficient (Wildman–Crippen LogP) is 4.64. The van der Waals surface area contributed by atoms with Crippen molar-refractivity contribution in [1.29, 1.82) is 0 Å². The van der Waals surface area contributed by atoms with Crippen LogP contribution < -0.4 is 4.74 Å². The Morgan fingerprint density at radius 1 is 1.05 bits per heavy atom. The third kappa shape index (κ3) is 4.51. The van der Waals surface area contributed by atoms with Crippen molar-refractivity contribution >= 4 is 11.8 Å². The van der Waals surface area contributed by atoms with Crippen LogP contribution in [0, 0.1) is 0 Å². The topological polar surface area (TPSA) is 29.5 Å². The maximum atomic E-state index is 10.3. The quantitative estimate of drug-likeness (QED) is 0.788. The summed E-state index contributed by atoms with van der Waals surface area (Å²) in [5.41, 5.74) is 2.23. The number of aliphatic hydroxyl groups is 1. The van der Waals surface area contributed by atoms with Gasteiger partial charge in [0, 0.05) is 10.6 Å². The lowest BCUT2D eigenvalue weighted by atomic mass is 10.0. The van der Waals surface area contributed by atoms with Crippen molar-refractivity contribution in [3.63, 3.8) is 0 Å². The van der Waals surface area contributed by atoms with Crippen molar-refractivity contribution < 1.29 is 9.84 Å². The number of ether oxygens (including phenoxy) is 1. The van der Waals surface area contributed by atoms with Gasteiger partial charge in [0.1, 0.15) is 5.75 Å². The van der Waals surface area contributed by atoms with Crippen LogP contribution in [0.5, 0.6) is 5.75 Å². The normalized spacial score (nSPS) is 12.4. The van der Waals surface area contributed by atoms with E-state index in [1.165, 1.54) is 10.5 Å². The highest BCUT2D eigenvalue weighted by Gasteiger charge is 2.09. The van der Waals surface area contributed by atoms with E-state index in [0.29, 0.717) is 11.7 Å². The molecule has 1 atom stereocenters.